The number of hydrogen-bond donors (Lipinski definition) is 1. The monoisotopic (exact) mass is 438 g/mol. The van der Waals surface area contributed by atoms with E-state index in [-0.39, 0.29) is 5.56 Å². The molecule has 0 bridgehead atoms. The SMILES string of the molecule is COc1ccc2[nH]c(=O)c(-c3cc(-c4ccccc4)nc(-c4ccc(Cl)cc4)c3)cc2c1. The first-order valence-corrected chi connectivity index (χ1v) is 10.5. The Balaban J connectivity index is 1.74. The second kappa shape index (κ2) is 8.33. The van der Waals surface area contributed by atoms with Crippen LogP contribution in [0.2, 0.25) is 5.02 Å². The normalized spacial score (nSPS) is 10.9. The molecule has 0 radical (unpaired) electrons. The van der Waals surface area contributed by atoms with E-state index in [4.69, 9.17) is 21.3 Å². The van der Waals surface area contributed by atoms with E-state index < -0.39 is 0 Å². The van der Waals surface area contributed by atoms with Crippen LogP contribution in [-0.4, -0.2) is 17.1 Å². The third-order valence-electron chi connectivity index (χ3n) is 5.40. The molecule has 0 aliphatic rings. The molecular formula is C27H19ClN2O2. The van der Waals surface area contributed by atoms with Crippen LogP contribution in [0.25, 0.3) is 44.5 Å². The van der Waals surface area contributed by atoms with Crippen LogP contribution in [0.1, 0.15) is 0 Å². The number of aromatic nitrogens is 2. The molecule has 0 amide bonds. The maximum atomic E-state index is 13.0. The lowest BCUT2D eigenvalue weighted by Crippen LogP contribution is -2.09. The van der Waals surface area contributed by atoms with Crippen LogP contribution < -0.4 is 10.3 Å². The lowest BCUT2D eigenvalue weighted by molar-refractivity contribution is 0.415. The Labute approximate surface area is 190 Å². The predicted octanol–water partition coefficient (Wildman–Crippen LogP) is 6.59. The molecule has 5 aromatic rings. The number of halogens is 1. The van der Waals surface area contributed by atoms with Gasteiger partial charge < -0.3 is 9.72 Å². The zero-order valence-corrected chi connectivity index (χ0v) is 18.1. The van der Waals surface area contributed by atoms with Gasteiger partial charge in [-0.3, -0.25) is 4.79 Å². The van der Waals surface area contributed by atoms with E-state index in [2.05, 4.69) is 4.98 Å². The average Bonchev–Trinajstić information content (AvgIpc) is 2.84. The summed E-state index contributed by atoms with van der Waals surface area (Å²) in [4.78, 5) is 20.9. The molecule has 156 valence electrons. The maximum absolute atomic E-state index is 13.0. The number of methoxy groups -OCH3 is 1. The van der Waals surface area contributed by atoms with E-state index in [0.29, 0.717) is 10.6 Å². The van der Waals surface area contributed by atoms with Crippen LogP contribution in [0.5, 0.6) is 5.75 Å². The largest absolute Gasteiger partial charge is 0.497 e. The van der Waals surface area contributed by atoms with Crippen LogP contribution >= 0.6 is 11.6 Å². The van der Waals surface area contributed by atoms with Crippen molar-refractivity contribution < 1.29 is 4.74 Å². The maximum Gasteiger partial charge on any atom is 0.256 e. The number of benzene rings is 3. The Bertz CT molecular complexity index is 1480. The first-order chi connectivity index (χ1) is 15.6. The molecule has 2 heterocycles. The Morgan fingerprint density at radius 2 is 1.47 bits per heavy atom. The van der Waals surface area contributed by atoms with E-state index in [1.807, 2.05) is 91.0 Å². The fourth-order valence-corrected chi connectivity index (χ4v) is 3.86. The van der Waals surface area contributed by atoms with Crippen molar-refractivity contribution in [2.24, 2.45) is 0 Å². The van der Waals surface area contributed by atoms with Crippen LogP contribution in [0.4, 0.5) is 0 Å². The van der Waals surface area contributed by atoms with Crippen LogP contribution in [0.3, 0.4) is 0 Å². The Morgan fingerprint density at radius 3 is 2.16 bits per heavy atom. The number of aromatic amines is 1. The van der Waals surface area contributed by atoms with E-state index in [0.717, 1.165) is 44.7 Å². The minimum Gasteiger partial charge on any atom is -0.497 e. The van der Waals surface area contributed by atoms with Gasteiger partial charge in [0.25, 0.3) is 5.56 Å². The van der Waals surface area contributed by atoms with Crippen molar-refractivity contribution in [2.75, 3.05) is 7.11 Å². The number of nitrogens with one attached hydrogen (secondary N) is 1. The molecule has 0 spiro atoms. The van der Waals surface area contributed by atoms with Crippen molar-refractivity contribution in [1.82, 2.24) is 9.97 Å². The topological polar surface area (TPSA) is 55.0 Å². The van der Waals surface area contributed by atoms with E-state index in [1.54, 1.807) is 7.11 Å². The minimum absolute atomic E-state index is 0.157. The highest BCUT2D eigenvalue weighted by Crippen LogP contribution is 2.31. The molecule has 0 atom stereocenters. The van der Waals surface area contributed by atoms with Crippen molar-refractivity contribution in [2.45, 2.75) is 0 Å². The Kier molecular flexibility index (Phi) is 5.21. The fraction of sp³-hybridized carbons (Fsp3) is 0.0370. The summed E-state index contributed by atoms with van der Waals surface area (Å²) in [7, 11) is 1.63. The quantitative estimate of drug-likeness (QED) is 0.344. The number of hydrogen-bond acceptors (Lipinski definition) is 3. The van der Waals surface area contributed by atoms with Gasteiger partial charge in [0.2, 0.25) is 0 Å². The zero-order chi connectivity index (χ0) is 22.1. The molecule has 0 saturated heterocycles. The summed E-state index contributed by atoms with van der Waals surface area (Å²) >= 11 is 6.08. The summed E-state index contributed by atoms with van der Waals surface area (Å²) < 4.78 is 5.35. The Hall–Kier alpha value is -3.89. The molecule has 32 heavy (non-hydrogen) atoms. The van der Waals surface area contributed by atoms with Crippen molar-refractivity contribution in [3.8, 4) is 39.4 Å². The van der Waals surface area contributed by atoms with Gasteiger partial charge >= 0.3 is 0 Å². The van der Waals surface area contributed by atoms with Gasteiger partial charge in [-0.05, 0) is 54.1 Å². The van der Waals surface area contributed by atoms with Gasteiger partial charge in [-0.2, -0.15) is 0 Å². The summed E-state index contributed by atoms with van der Waals surface area (Å²) in [5.74, 6) is 0.733. The van der Waals surface area contributed by atoms with Gasteiger partial charge in [-0.1, -0.05) is 54.1 Å². The smallest absolute Gasteiger partial charge is 0.256 e. The van der Waals surface area contributed by atoms with Gasteiger partial charge in [0.1, 0.15) is 5.75 Å². The Morgan fingerprint density at radius 1 is 0.781 bits per heavy atom. The second-order valence-corrected chi connectivity index (χ2v) is 7.90. The lowest BCUT2D eigenvalue weighted by Gasteiger charge is -2.11. The zero-order valence-electron chi connectivity index (χ0n) is 17.3. The predicted molar refractivity (Wildman–Crippen MR) is 130 cm³/mol. The summed E-state index contributed by atoms with van der Waals surface area (Å²) in [5.41, 5.74) is 5.41. The highest BCUT2D eigenvalue weighted by molar-refractivity contribution is 6.30. The number of rotatable bonds is 4. The summed E-state index contributed by atoms with van der Waals surface area (Å²) in [6.07, 6.45) is 0. The molecule has 5 heteroatoms. The summed E-state index contributed by atoms with van der Waals surface area (Å²) in [5, 5.41) is 1.55. The highest BCUT2D eigenvalue weighted by Gasteiger charge is 2.12. The first-order valence-electron chi connectivity index (χ1n) is 10.2. The van der Waals surface area contributed by atoms with Gasteiger partial charge in [-0.25, -0.2) is 4.98 Å². The number of pyridine rings is 2. The van der Waals surface area contributed by atoms with E-state index >= 15 is 0 Å². The van der Waals surface area contributed by atoms with Crippen molar-refractivity contribution >= 4 is 22.5 Å². The molecule has 0 saturated carbocycles. The molecule has 4 nitrogen and oxygen atoms in total. The van der Waals surface area contributed by atoms with Gasteiger partial charge in [0.15, 0.2) is 0 Å². The number of fused-ring (bicyclic) bond motifs is 1. The van der Waals surface area contributed by atoms with Gasteiger partial charge in [0.05, 0.1) is 18.5 Å². The van der Waals surface area contributed by atoms with Crippen LogP contribution in [0, 0.1) is 0 Å². The number of nitrogens with zero attached hydrogens (tertiary/aromatic N) is 1. The van der Waals surface area contributed by atoms with Crippen LogP contribution in [-0.2, 0) is 0 Å². The minimum atomic E-state index is -0.157. The molecule has 0 aliphatic heterocycles. The molecule has 5 rings (SSSR count). The molecule has 0 fully saturated rings. The number of ether oxygens (including phenoxy) is 1. The fourth-order valence-electron chi connectivity index (χ4n) is 3.74. The molecule has 0 unspecified atom stereocenters. The molecule has 3 aromatic carbocycles. The second-order valence-electron chi connectivity index (χ2n) is 7.46. The van der Waals surface area contributed by atoms with Crippen molar-refractivity contribution in [1.29, 1.82) is 0 Å². The molecular weight excluding hydrogens is 420 g/mol. The van der Waals surface area contributed by atoms with Gasteiger partial charge in [0, 0.05) is 32.6 Å². The van der Waals surface area contributed by atoms with Crippen molar-refractivity contribution in [3.05, 3.63) is 106 Å². The molecule has 0 aliphatic carbocycles. The van der Waals surface area contributed by atoms with Crippen LogP contribution in [0.15, 0.2) is 95.8 Å². The number of H-pyrrole nitrogens is 1. The molecule has 1 N–H and O–H groups in total. The third-order valence-corrected chi connectivity index (χ3v) is 5.65. The van der Waals surface area contributed by atoms with Crippen molar-refractivity contribution in [3.63, 3.8) is 0 Å². The van der Waals surface area contributed by atoms with E-state index in [1.165, 1.54) is 0 Å². The standard InChI is InChI=1S/C27H19ClN2O2/c1-32-22-11-12-24-20(13-22)14-23(27(31)30-24)19-15-25(17-5-3-2-4-6-17)29-26(16-19)18-7-9-21(28)10-8-18/h2-16H,1H3,(H,30,31). The summed E-state index contributed by atoms with van der Waals surface area (Å²) in [6.45, 7) is 0. The summed E-state index contributed by atoms with van der Waals surface area (Å²) in [6, 6.07) is 28.8. The first kappa shape index (κ1) is 20.0. The lowest BCUT2D eigenvalue weighted by atomic mass is 10.00. The average molecular weight is 439 g/mol. The van der Waals surface area contributed by atoms with E-state index in [9.17, 15) is 4.79 Å². The van der Waals surface area contributed by atoms with Gasteiger partial charge in [-0.15, -0.1) is 0 Å². The third kappa shape index (κ3) is 3.88. The highest BCUT2D eigenvalue weighted by atomic mass is 35.5. The molecule has 2 aromatic heterocycles.